The number of benzene rings is 3. The Bertz CT molecular complexity index is 1420. The first-order valence-electron chi connectivity index (χ1n) is 11.9. The van der Waals surface area contributed by atoms with Crippen molar-refractivity contribution in [1.82, 2.24) is 5.32 Å². The van der Waals surface area contributed by atoms with E-state index in [9.17, 15) is 14.4 Å². The Kier molecular flexibility index (Phi) is 8.20. The van der Waals surface area contributed by atoms with Gasteiger partial charge in [-0.25, -0.2) is 9.59 Å². The fraction of sp³-hybridized carbons (Fsp3) is 0.207. The molecule has 0 unspecified atom stereocenters. The lowest BCUT2D eigenvalue weighted by atomic mass is 9.99. The normalized spacial score (nSPS) is 12.4. The van der Waals surface area contributed by atoms with Crippen LogP contribution in [-0.2, 0) is 16.1 Å². The van der Waals surface area contributed by atoms with Crippen LogP contribution in [0.15, 0.2) is 94.3 Å². The number of hydrogen-bond acceptors (Lipinski definition) is 7. The number of para-hydroxylation sites is 1. The minimum absolute atomic E-state index is 0.0403. The van der Waals surface area contributed by atoms with E-state index >= 15 is 0 Å². The van der Waals surface area contributed by atoms with Gasteiger partial charge in [-0.3, -0.25) is 4.79 Å². The zero-order valence-electron chi connectivity index (χ0n) is 20.5. The highest BCUT2D eigenvalue weighted by Crippen LogP contribution is 2.24. The van der Waals surface area contributed by atoms with Gasteiger partial charge in [-0.15, -0.1) is 0 Å². The monoisotopic (exact) mass is 501 g/mol. The van der Waals surface area contributed by atoms with E-state index in [1.807, 2.05) is 50.2 Å². The molecule has 1 aromatic heterocycles. The van der Waals surface area contributed by atoms with Gasteiger partial charge in [0, 0.05) is 6.07 Å². The Morgan fingerprint density at radius 3 is 2.35 bits per heavy atom. The number of esters is 1. The highest BCUT2D eigenvalue weighted by Gasteiger charge is 2.28. The summed E-state index contributed by atoms with van der Waals surface area (Å²) < 4.78 is 22.0. The standard InChI is InChI=1S/C29H27NO7/c1-3-19(2)26(30-29(33)35-17-20-10-6-4-7-11-20)28(32)37-22-14-15-23-24(16-22)34-18-25(27(23)31)36-21-12-8-5-9-13-21/h4-16,18-19,26H,3,17H2,1-2H3,(H,30,33)/t19-,26+/m0/s1. The molecule has 8 heteroatoms. The quantitative estimate of drug-likeness (QED) is 0.227. The van der Waals surface area contributed by atoms with Gasteiger partial charge in [0.15, 0.2) is 0 Å². The molecule has 0 aliphatic heterocycles. The van der Waals surface area contributed by atoms with Gasteiger partial charge >= 0.3 is 12.1 Å². The first-order valence-corrected chi connectivity index (χ1v) is 11.9. The molecule has 0 radical (unpaired) electrons. The number of carbonyl (C=O) groups is 2. The molecule has 2 atom stereocenters. The largest absolute Gasteiger partial charge is 0.460 e. The Hall–Kier alpha value is -4.59. The van der Waals surface area contributed by atoms with Gasteiger partial charge in [-0.05, 0) is 35.7 Å². The molecule has 8 nitrogen and oxygen atoms in total. The van der Waals surface area contributed by atoms with Crippen LogP contribution in [0.5, 0.6) is 17.2 Å². The van der Waals surface area contributed by atoms with Crippen molar-refractivity contribution in [2.45, 2.75) is 32.9 Å². The fourth-order valence-electron chi connectivity index (χ4n) is 3.58. The summed E-state index contributed by atoms with van der Waals surface area (Å²) >= 11 is 0. The average molecular weight is 502 g/mol. The summed E-state index contributed by atoms with van der Waals surface area (Å²) in [6.45, 7) is 3.81. The number of nitrogens with one attached hydrogen (secondary N) is 1. The summed E-state index contributed by atoms with van der Waals surface area (Å²) in [6, 6.07) is 21.6. The molecular formula is C29H27NO7. The summed E-state index contributed by atoms with van der Waals surface area (Å²) in [7, 11) is 0. The van der Waals surface area contributed by atoms with Crippen molar-refractivity contribution in [2.24, 2.45) is 5.92 Å². The van der Waals surface area contributed by atoms with Gasteiger partial charge in [-0.2, -0.15) is 0 Å². The summed E-state index contributed by atoms with van der Waals surface area (Å²) in [5.74, 6) is -0.154. The average Bonchev–Trinajstić information content (AvgIpc) is 2.93. The zero-order valence-corrected chi connectivity index (χ0v) is 20.5. The number of rotatable bonds is 9. The van der Waals surface area contributed by atoms with Gasteiger partial charge in [0.2, 0.25) is 11.2 Å². The minimum atomic E-state index is -0.933. The van der Waals surface area contributed by atoms with E-state index in [0.29, 0.717) is 12.2 Å². The number of carbonyl (C=O) groups excluding carboxylic acids is 2. The molecule has 0 spiro atoms. The highest BCUT2D eigenvalue weighted by atomic mass is 16.6. The van der Waals surface area contributed by atoms with E-state index in [-0.39, 0.29) is 40.4 Å². The van der Waals surface area contributed by atoms with Crippen molar-refractivity contribution in [3.63, 3.8) is 0 Å². The van der Waals surface area contributed by atoms with Crippen LogP contribution in [0.4, 0.5) is 4.79 Å². The molecule has 4 aromatic rings. The molecular weight excluding hydrogens is 474 g/mol. The molecule has 1 heterocycles. The lowest BCUT2D eigenvalue weighted by Gasteiger charge is -2.22. The summed E-state index contributed by atoms with van der Waals surface area (Å²) in [6.07, 6.45) is 1.12. The topological polar surface area (TPSA) is 104 Å². The van der Waals surface area contributed by atoms with Crippen molar-refractivity contribution in [2.75, 3.05) is 0 Å². The molecule has 0 saturated carbocycles. The molecule has 0 aliphatic rings. The van der Waals surface area contributed by atoms with Crippen molar-refractivity contribution in [1.29, 1.82) is 0 Å². The van der Waals surface area contributed by atoms with E-state index < -0.39 is 18.1 Å². The molecule has 4 rings (SSSR count). The van der Waals surface area contributed by atoms with Crippen LogP contribution < -0.4 is 20.2 Å². The highest BCUT2D eigenvalue weighted by molar-refractivity contribution is 5.85. The van der Waals surface area contributed by atoms with Crippen LogP contribution in [0.2, 0.25) is 0 Å². The first kappa shape index (κ1) is 25.5. The summed E-state index contributed by atoms with van der Waals surface area (Å²) in [5, 5.41) is 2.88. The molecule has 1 amide bonds. The van der Waals surface area contributed by atoms with Crippen molar-refractivity contribution in [3.8, 4) is 17.2 Å². The van der Waals surface area contributed by atoms with Gasteiger partial charge in [0.25, 0.3) is 0 Å². The third kappa shape index (κ3) is 6.55. The Morgan fingerprint density at radius 1 is 0.946 bits per heavy atom. The number of hydrogen-bond donors (Lipinski definition) is 1. The summed E-state index contributed by atoms with van der Waals surface area (Å²) in [5.41, 5.74) is 0.699. The molecule has 0 saturated heterocycles. The molecule has 0 aliphatic carbocycles. The molecule has 190 valence electrons. The lowest BCUT2D eigenvalue weighted by molar-refractivity contribution is -0.138. The van der Waals surface area contributed by atoms with Crippen LogP contribution in [0.25, 0.3) is 11.0 Å². The van der Waals surface area contributed by atoms with Crippen molar-refractivity contribution in [3.05, 3.63) is 101 Å². The minimum Gasteiger partial charge on any atom is -0.460 e. The first-order chi connectivity index (χ1) is 17.9. The number of alkyl carbamates (subject to hydrolysis) is 1. The van der Waals surface area contributed by atoms with Crippen molar-refractivity contribution < 1.29 is 28.2 Å². The Balaban J connectivity index is 1.45. The maximum absolute atomic E-state index is 13.0. The Morgan fingerprint density at radius 2 is 1.65 bits per heavy atom. The zero-order chi connectivity index (χ0) is 26.2. The number of amides is 1. The van der Waals surface area contributed by atoms with E-state index in [2.05, 4.69) is 5.32 Å². The van der Waals surface area contributed by atoms with Gasteiger partial charge in [0.1, 0.15) is 36.0 Å². The molecule has 0 bridgehead atoms. The second-order valence-corrected chi connectivity index (χ2v) is 8.49. The molecule has 0 fully saturated rings. The SMILES string of the molecule is CC[C@H](C)[C@@H](NC(=O)OCc1ccccc1)C(=O)Oc1ccc2c(=O)c(Oc3ccccc3)coc2c1. The summed E-state index contributed by atoms with van der Waals surface area (Å²) in [4.78, 5) is 38.2. The van der Waals surface area contributed by atoms with E-state index in [4.69, 9.17) is 18.6 Å². The van der Waals surface area contributed by atoms with Gasteiger partial charge in [0.05, 0.1) is 5.39 Å². The van der Waals surface area contributed by atoms with Gasteiger partial charge in [-0.1, -0.05) is 68.8 Å². The van der Waals surface area contributed by atoms with E-state index in [0.717, 1.165) is 5.56 Å². The molecule has 3 aromatic carbocycles. The fourth-order valence-corrected chi connectivity index (χ4v) is 3.58. The second-order valence-electron chi connectivity index (χ2n) is 8.49. The lowest BCUT2D eigenvalue weighted by Crippen LogP contribution is -2.47. The maximum atomic E-state index is 13.0. The smallest absolute Gasteiger partial charge is 0.408 e. The predicted octanol–water partition coefficient (Wildman–Crippen LogP) is 5.83. The Labute approximate surface area is 213 Å². The maximum Gasteiger partial charge on any atom is 0.408 e. The predicted molar refractivity (Wildman–Crippen MR) is 138 cm³/mol. The van der Waals surface area contributed by atoms with Crippen LogP contribution >= 0.6 is 0 Å². The van der Waals surface area contributed by atoms with Crippen LogP contribution in [-0.4, -0.2) is 18.1 Å². The van der Waals surface area contributed by atoms with Gasteiger partial charge < -0.3 is 23.9 Å². The van der Waals surface area contributed by atoms with Crippen LogP contribution in [0.3, 0.4) is 0 Å². The van der Waals surface area contributed by atoms with Crippen LogP contribution in [0.1, 0.15) is 25.8 Å². The molecule has 37 heavy (non-hydrogen) atoms. The second kappa shape index (κ2) is 11.9. The third-order valence-electron chi connectivity index (χ3n) is 5.86. The van der Waals surface area contributed by atoms with E-state index in [1.54, 1.807) is 24.3 Å². The van der Waals surface area contributed by atoms with E-state index in [1.165, 1.54) is 24.5 Å². The van der Waals surface area contributed by atoms with Crippen LogP contribution in [0, 0.1) is 5.92 Å². The van der Waals surface area contributed by atoms with Crippen molar-refractivity contribution >= 4 is 23.0 Å². The third-order valence-corrected chi connectivity index (χ3v) is 5.86. The number of ether oxygens (including phenoxy) is 3. The molecule has 1 N–H and O–H groups in total. The number of fused-ring (bicyclic) bond motifs is 1.